The SMILES string of the molecule is CCOC(=O)C(c1ccc(Cl)cc1F)N1CCCNCC1. The van der Waals surface area contributed by atoms with Crippen LogP contribution in [0.4, 0.5) is 4.39 Å². The van der Waals surface area contributed by atoms with Gasteiger partial charge in [0.15, 0.2) is 0 Å². The molecule has 0 amide bonds. The lowest BCUT2D eigenvalue weighted by molar-refractivity contribution is -0.150. The Morgan fingerprint density at radius 3 is 3.00 bits per heavy atom. The zero-order chi connectivity index (χ0) is 15.2. The first kappa shape index (κ1) is 16.2. The highest BCUT2D eigenvalue weighted by atomic mass is 35.5. The van der Waals surface area contributed by atoms with Crippen LogP contribution in [0.1, 0.15) is 24.9 Å². The fourth-order valence-electron chi connectivity index (χ4n) is 2.54. The minimum Gasteiger partial charge on any atom is -0.465 e. The number of hydrogen-bond acceptors (Lipinski definition) is 4. The summed E-state index contributed by atoms with van der Waals surface area (Å²) < 4.78 is 19.4. The molecule has 0 aromatic heterocycles. The number of benzene rings is 1. The monoisotopic (exact) mass is 314 g/mol. The number of halogens is 2. The van der Waals surface area contributed by atoms with E-state index in [1.807, 2.05) is 4.90 Å². The molecule has 0 bridgehead atoms. The van der Waals surface area contributed by atoms with Gasteiger partial charge < -0.3 is 10.1 Å². The molecular formula is C15H20ClFN2O2. The van der Waals surface area contributed by atoms with Crippen LogP contribution in [0.5, 0.6) is 0 Å². The second-order valence-corrected chi connectivity index (χ2v) is 5.40. The van der Waals surface area contributed by atoms with Crippen molar-refractivity contribution < 1.29 is 13.9 Å². The zero-order valence-electron chi connectivity index (χ0n) is 12.1. The normalized spacial score (nSPS) is 18.0. The number of esters is 1. The molecule has 0 radical (unpaired) electrons. The third kappa shape index (κ3) is 4.15. The van der Waals surface area contributed by atoms with Crippen LogP contribution in [0.25, 0.3) is 0 Å². The molecule has 1 N–H and O–H groups in total. The number of rotatable bonds is 4. The molecule has 1 saturated heterocycles. The van der Waals surface area contributed by atoms with Crippen molar-refractivity contribution in [1.82, 2.24) is 10.2 Å². The Hall–Kier alpha value is -1.17. The van der Waals surface area contributed by atoms with Crippen molar-refractivity contribution in [3.63, 3.8) is 0 Å². The van der Waals surface area contributed by atoms with E-state index in [0.717, 1.165) is 26.1 Å². The van der Waals surface area contributed by atoms with Gasteiger partial charge in [0.25, 0.3) is 0 Å². The molecule has 4 nitrogen and oxygen atoms in total. The molecule has 21 heavy (non-hydrogen) atoms. The van der Waals surface area contributed by atoms with Crippen molar-refractivity contribution in [2.45, 2.75) is 19.4 Å². The summed E-state index contributed by atoms with van der Waals surface area (Å²) in [5.41, 5.74) is 0.319. The van der Waals surface area contributed by atoms with Crippen molar-refractivity contribution in [3.05, 3.63) is 34.6 Å². The molecule has 6 heteroatoms. The third-order valence-corrected chi connectivity index (χ3v) is 3.74. The molecular weight excluding hydrogens is 295 g/mol. The van der Waals surface area contributed by atoms with E-state index in [1.54, 1.807) is 19.1 Å². The smallest absolute Gasteiger partial charge is 0.328 e. The quantitative estimate of drug-likeness (QED) is 0.866. The van der Waals surface area contributed by atoms with Gasteiger partial charge in [0.1, 0.15) is 11.9 Å². The number of ether oxygens (including phenoxy) is 1. The lowest BCUT2D eigenvalue weighted by Gasteiger charge is -2.29. The molecule has 2 rings (SSSR count). The van der Waals surface area contributed by atoms with Crippen LogP contribution in [0.2, 0.25) is 5.02 Å². The minimum atomic E-state index is -0.720. The largest absolute Gasteiger partial charge is 0.465 e. The number of carbonyl (C=O) groups is 1. The second kappa shape index (κ2) is 7.73. The Bertz CT molecular complexity index is 491. The van der Waals surface area contributed by atoms with Gasteiger partial charge in [-0.05, 0) is 32.0 Å². The maximum atomic E-state index is 14.2. The van der Waals surface area contributed by atoms with E-state index >= 15 is 0 Å². The van der Waals surface area contributed by atoms with Crippen LogP contribution < -0.4 is 5.32 Å². The Labute approximate surface area is 129 Å². The lowest BCUT2D eigenvalue weighted by Crippen LogP contribution is -2.38. The number of hydrogen-bond donors (Lipinski definition) is 1. The molecule has 1 aromatic rings. The Morgan fingerprint density at radius 1 is 1.48 bits per heavy atom. The number of nitrogens with one attached hydrogen (secondary N) is 1. The molecule has 1 aliphatic heterocycles. The van der Waals surface area contributed by atoms with E-state index < -0.39 is 17.8 Å². The molecule has 1 atom stereocenters. The first-order valence-corrected chi connectivity index (χ1v) is 7.57. The molecule has 116 valence electrons. The van der Waals surface area contributed by atoms with Crippen LogP contribution in [0.3, 0.4) is 0 Å². The molecule has 0 saturated carbocycles. The van der Waals surface area contributed by atoms with Crippen molar-refractivity contribution in [1.29, 1.82) is 0 Å². The van der Waals surface area contributed by atoms with Gasteiger partial charge in [-0.3, -0.25) is 4.90 Å². The van der Waals surface area contributed by atoms with E-state index in [9.17, 15) is 9.18 Å². The van der Waals surface area contributed by atoms with E-state index in [1.165, 1.54) is 6.07 Å². The molecule has 1 heterocycles. The number of carbonyl (C=O) groups excluding carboxylic acids is 1. The summed E-state index contributed by atoms with van der Waals surface area (Å²) in [5, 5.41) is 3.59. The molecule has 1 aromatic carbocycles. The van der Waals surface area contributed by atoms with Crippen LogP contribution in [-0.2, 0) is 9.53 Å². The van der Waals surface area contributed by atoms with Gasteiger partial charge in [0.2, 0.25) is 0 Å². The Balaban J connectivity index is 2.32. The van der Waals surface area contributed by atoms with Crippen LogP contribution >= 0.6 is 11.6 Å². The van der Waals surface area contributed by atoms with E-state index in [2.05, 4.69) is 5.32 Å². The van der Waals surface area contributed by atoms with E-state index in [-0.39, 0.29) is 6.61 Å². The van der Waals surface area contributed by atoms with E-state index in [0.29, 0.717) is 17.1 Å². The average Bonchev–Trinajstić information content (AvgIpc) is 2.71. The summed E-state index contributed by atoms with van der Waals surface area (Å²) in [6.07, 6.45) is 0.908. The zero-order valence-corrected chi connectivity index (χ0v) is 12.8. The third-order valence-electron chi connectivity index (χ3n) is 3.51. The van der Waals surface area contributed by atoms with Gasteiger partial charge >= 0.3 is 5.97 Å². The van der Waals surface area contributed by atoms with Crippen molar-refractivity contribution >= 4 is 17.6 Å². The van der Waals surface area contributed by atoms with Gasteiger partial charge in [-0.2, -0.15) is 0 Å². The fourth-order valence-corrected chi connectivity index (χ4v) is 2.70. The van der Waals surface area contributed by atoms with Gasteiger partial charge in [-0.25, -0.2) is 9.18 Å². The second-order valence-electron chi connectivity index (χ2n) is 4.96. The van der Waals surface area contributed by atoms with Crippen LogP contribution in [-0.4, -0.2) is 43.7 Å². The lowest BCUT2D eigenvalue weighted by atomic mass is 10.0. The van der Waals surface area contributed by atoms with Gasteiger partial charge in [0, 0.05) is 30.2 Å². The van der Waals surface area contributed by atoms with Crippen molar-refractivity contribution in [3.8, 4) is 0 Å². The maximum absolute atomic E-state index is 14.2. The van der Waals surface area contributed by atoms with Crippen molar-refractivity contribution in [2.24, 2.45) is 0 Å². The van der Waals surface area contributed by atoms with E-state index in [4.69, 9.17) is 16.3 Å². The minimum absolute atomic E-state index is 0.274. The highest BCUT2D eigenvalue weighted by Gasteiger charge is 2.31. The standard InChI is InChI=1S/C15H20ClFN2O2/c1-2-21-15(20)14(19-8-3-6-18-7-9-19)12-5-4-11(16)10-13(12)17/h4-5,10,14,18H,2-3,6-9H2,1H3. The predicted octanol–water partition coefficient (Wildman–Crippen LogP) is 2.38. The fraction of sp³-hybridized carbons (Fsp3) is 0.533. The summed E-state index contributed by atoms with van der Waals surface area (Å²) in [6.45, 7) is 5.08. The molecule has 1 fully saturated rings. The maximum Gasteiger partial charge on any atom is 0.328 e. The molecule has 0 spiro atoms. The van der Waals surface area contributed by atoms with Gasteiger partial charge in [-0.1, -0.05) is 17.7 Å². The average molecular weight is 315 g/mol. The topological polar surface area (TPSA) is 41.6 Å². The van der Waals surface area contributed by atoms with Crippen LogP contribution in [0.15, 0.2) is 18.2 Å². The molecule has 0 aliphatic carbocycles. The van der Waals surface area contributed by atoms with Gasteiger partial charge in [0.05, 0.1) is 6.61 Å². The highest BCUT2D eigenvalue weighted by Crippen LogP contribution is 2.27. The Kier molecular flexibility index (Phi) is 5.96. The summed E-state index contributed by atoms with van der Waals surface area (Å²) >= 11 is 5.79. The highest BCUT2D eigenvalue weighted by molar-refractivity contribution is 6.30. The molecule has 1 aliphatic rings. The summed E-state index contributed by atoms with van der Waals surface area (Å²) in [4.78, 5) is 14.3. The van der Waals surface area contributed by atoms with Crippen LogP contribution in [0, 0.1) is 5.82 Å². The first-order chi connectivity index (χ1) is 10.1. The summed E-state index contributed by atoms with van der Waals surface area (Å²) in [6, 6.07) is 3.68. The van der Waals surface area contributed by atoms with Gasteiger partial charge in [-0.15, -0.1) is 0 Å². The predicted molar refractivity (Wildman–Crippen MR) is 79.8 cm³/mol. The van der Waals surface area contributed by atoms with Crippen molar-refractivity contribution in [2.75, 3.05) is 32.8 Å². The molecule has 1 unspecified atom stereocenters. The first-order valence-electron chi connectivity index (χ1n) is 7.20. The summed E-state index contributed by atoms with van der Waals surface area (Å²) in [5.74, 6) is -0.890. The summed E-state index contributed by atoms with van der Waals surface area (Å²) in [7, 11) is 0. The number of nitrogens with zero attached hydrogens (tertiary/aromatic N) is 1. The Morgan fingerprint density at radius 2 is 2.29 bits per heavy atom.